The Kier molecular flexibility index (Phi) is 3.35. The Morgan fingerprint density at radius 2 is 2.28 bits per heavy atom. The fourth-order valence-corrected chi connectivity index (χ4v) is 2.70. The van der Waals surface area contributed by atoms with Gasteiger partial charge in [0.15, 0.2) is 0 Å². The molecule has 4 heteroatoms. The molecule has 1 saturated heterocycles. The first-order chi connectivity index (χ1) is 8.84. The van der Waals surface area contributed by atoms with Crippen LogP contribution in [-0.2, 0) is 6.54 Å². The van der Waals surface area contributed by atoms with Crippen molar-refractivity contribution in [2.24, 2.45) is 0 Å². The van der Waals surface area contributed by atoms with Gasteiger partial charge in [0, 0.05) is 17.3 Å². The topological polar surface area (TPSA) is 29.9 Å². The molecule has 2 aromatic rings. The molecular formula is C14H16ClN3. The van der Waals surface area contributed by atoms with Crippen LogP contribution >= 0.6 is 11.6 Å². The third-order valence-corrected chi connectivity index (χ3v) is 3.83. The summed E-state index contributed by atoms with van der Waals surface area (Å²) in [6.45, 7) is 1.88. The second-order valence-corrected chi connectivity index (χ2v) is 5.09. The molecule has 1 atom stereocenters. The molecule has 1 aliphatic heterocycles. The van der Waals surface area contributed by atoms with Gasteiger partial charge in [-0.2, -0.15) is 0 Å². The predicted octanol–water partition coefficient (Wildman–Crippen LogP) is 3.01. The number of benzene rings is 1. The van der Waals surface area contributed by atoms with E-state index >= 15 is 0 Å². The highest BCUT2D eigenvalue weighted by atomic mass is 35.5. The number of rotatable bonds is 3. The van der Waals surface area contributed by atoms with Crippen molar-refractivity contribution in [3.05, 3.63) is 53.1 Å². The average Bonchev–Trinajstić information content (AvgIpc) is 3.02. The summed E-state index contributed by atoms with van der Waals surface area (Å²) in [5.74, 6) is 0. The van der Waals surface area contributed by atoms with E-state index in [2.05, 4.69) is 20.9 Å². The lowest BCUT2D eigenvalue weighted by Gasteiger charge is -2.14. The van der Waals surface area contributed by atoms with E-state index < -0.39 is 0 Å². The molecule has 1 unspecified atom stereocenters. The molecule has 0 saturated carbocycles. The van der Waals surface area contributed by atoms with Crippen molar-refractivity contribution in [3.63, 3.8) is 0 Å². The first-order valence-electron chi connectivity index (χ1n) is 6.31. The van der Waals surface area contributed by atoms with Gasteiger partial charge in [-0.15, -0.1) is 0 Å². The van der Waals surface area contributed by atoms with E-state index in [1.807, 2.05) is 30.7 Å². The monoisotopic (exact) mass is 261 g/mol. The van der Waals surface area contributed by atoms with Crippen molar-refractivity contribution in [1.29, 1.82) is 0 Å². The van der Waals surface area contributed by atoms with Crippen LogP contribution in [0.3, 0.4) is 0 Å². The normalized spacial score (nSPS) is 19.3. The molecule has 1 fully saturated rings. The van der Waals surface area contributed by atoms with Gasteiger partial charge in [0.2, 0.25) is 0 Å². The molecule has 1 aromatic heterocycles. The van der Waals surface area contributed by atoms with Crippen LogP contribution in [0.1, 0.15) is 30.1 Å². The Labute approximate surface area is 112 Å². The molecule has 0 amide bonds. The molecule has 1 N–H and O–H groups in total. The number of aromatic nitrogens is 2. The van der Waals surface area contributed by atoms with Crippen molar-refractivity contribution in [2.45, 2.75) is 25.4 Å². The second-order valence-electron chi connectivity index (χ2n) is 4.69. The maximum atomic E-state index is 6.20. The Morgan fingerprint density at radius 1 is 1.39 bits per heavy atom. The maximum Gasteiger partial charge on any atom is 0.0951 e. The van der Waals surface area contributed by atoms with Crippen molar-refractivity contribution in [1.82, 2.24) is 14.9 Å². The molecule has 2 heterocycles. The van der Waals surface area contributed by atoms with E-state index in [-0.39, 0.29) is 0 Å². The van der Waals surface area contributed by atoms with E-state index in [4.69, 9.17) is 11.6 Å². The minimum absolute atomic E-state index is 0.440. The summed E-state index contributed by atoms with van der Waals surface area (Å²) >= 11 is 6.20. The summed E-state index contributed by atoms with van der Waals surface area (Å²) in [5.41, 5.74) is 2.39. The molecule has 18 heavy (non-hydrogen) atoms. The van der Waals surface area contributed by atoms with Gasteiger partial charge >= 0.3 is 0 Å². The lowest BCUT2D eigenvalue weighted by molar-refractivity contribution is 0.584. The molecule has 1 aromatic carbocycles. The minimum atomic E-state index is 0.440. The molecular weight excluding hydrogens is 246 g/mol. The van der Waals surface area contributed by atoms with Crippen LogP contribution in [0.5, 0.6) is 0 Å². The number of nitrogens with one attached hydrogen (secondary N) is 1. The van der Waals surface area contributed by atoms with Crippen LogP contribution in [0.25, 0.3) is 0 Å². The average molecular weight is 262 g/mol. The highest BCUT2D eigenvalue weighted by Crippen LogP contribution is 2.24. The largest absolute Gasteiger partial charge is 0.329 e. The highest BCUT2D eigenvalue weighted by Gasteiger charge is 2.19. The van der Waals surface area contributed by atoms with E-state index in [0.717, 1.165) is 23.7 Å². The van der Waals surface area contributed by atoms with E-state index in [0.29, 0.717) is 6.04 Å². The molecule has 3 nitrogen and oxygen atoms in total. The molecule has 0 aliphatic carbocycles. The Balaban J connectivity index is 1.85. The zero-order valence-electron chi connectivity index (χ0n) is 10.1. The standard InChI is InChI=1S/C14H16ClN3/c15-12-5-2-1-4-11(12)9-18-10-16-8-14(18)13-6-3-7-17-13/h1-2,4-5,8,10,13,17H,3,6-7,9H2. The van der Waals surface area contributed by atoms with Crippen LogP contribution in [0, 0.1) is 0 Å². The molecule has 0 radical (unpaired) electrons. The van der Waals surface area contributed by atoms with Crippen molar-refractivity contribution in [2.75, 3.05) is 6.54 Å². The molecule has 1 aliphatic rings. The highest BCUT2D eigenvalue weighted by molar-refractivity contribution is 6.31. The predicted molar refractivity (Wildman–Crippen MR) is 72.8 cm³/mol. The summed E-state index contributed by atoms with van der Waals surface area (Å²) in [6.07, 6.45) is 6.27. The third-order valence-electron chi connectivity index (χ3n) is 3.46. The molecule has 0 bridgehead atoms. The first kappa shape index (κ1) is 11.8. The zero-order valence-corrected chi connectivity index (χ0v) is 10.9. The lowest BCUT2D eigenvalue weighted by Crippen LogP contribution is -2.17. The first-order valence-corrected chi connectivity index (χ1v) is 6.69. The van der Waals surface area contributed by atoms with Crippen molar-refractivity contribution < 1.29 is 0 Å². The summed E-state index contributed by atoms with van der Waals surface area (Å²) < 4.78 is 2.18. The van der Waals surface area contributed by atoms with Gasteiger partial charge in [-0.3, -0.25) is 0 Å². The number of nitrogens with zero attached hydrogens (tertiary/aromatic N) is 2. The summed E-state index contributed by atoms with van der Waals surface area (Å²) in [6, 6.07) is 8.41. The zero-order chi connectivity index (χ0) is 12.4. The minimum Gasteiger partial charge on any atom is -0.329 e. The van der Waals surface area contributed by atoms with Crippen LogP contribution in [0.4, 0.5) is 0 Å². The van der Waals surface area contributed by atoms with Crippen LogP contribution < -0.4 is 5.32 Å². The van der Waals surface area contributed by atoms with Gasteiger partial charge in [0.05, 0.1) is 18.6 Å². The van der Waals surface area contributed by atoms with Crippen LogP contribution in [0.15, 0.2) is 36.8 Å². The second kappa shape index (κ2) is 5.12. The fourth-order valence-electron chi connectivity index (χ4n) is 2.50. The van der Waals surface area contributed by atoms with Crippen LogP contribution in [-0.4, -0.2) is 16.1 Å². The summed E-state index contributed by atoms with van der Waals surface area (Å²) in [4.78, 5) is 4.27. The molecule has 94 valence electrons. The summed E-state index contributed by atoms with van der Waals surface area (Å²) in [7, 11) is 0. The number of imidazole rings is 1. The van der Waals surface area contributed by atoms with Gasteiger partial charge in [0.1, 0.15) is 0 Å². The quantitative estimate of drug-likeness (QED) is 0.921. The van der Waals surface area contributed by atoms with Gasteiger partial charge in [-0.25, -0.2) is 4.98 Å². The number of hydrogen-bond acceptors (Lipinski definition) is 2. The Bertz CT molecular complexity index is 529. The van der Waals surface area contributed by atoms with E-state index in [1.165, 1.54) is 18.5 Å². The van der Waals surface area contributed by atoms with Gasteiger partial charge in [-0.1, -0.05) is 29.8 Å². The molecule has 3 rings (SSSR count). The smallest absolute Gasteiger partial charge is 0.0951 e. The van der Waals surface area contributed by atoms with Gasteiger partial charge in [0.25, 0.3) is 0 Å². The maximum absolute atomic E-state index is 6.20. The SMILES string of the molecule is Clc1ccccc1Cn1cncc1C1CCCN1. The fraction of sp³-hybridized carbons (Fsp3) is 0.357. The lowest BCUT2D eigenvalue weighted by atomic mass is 10.1. The van der Waals surface area contributed by atoms with Gasteiger partial charge in [-0.05, 0) is 31.0 Å². The number of hydrogen-bond donors (Lipinski definition) is 1. The van der Waals surface area contributed by atoms with E-state index in [9.17, 15) is 0 Å². The van der Waals surface area contributed by atoms with Crippen molar-refractivity contribution >= 4 is 11.6 Å². The van der Waals surface area contributed by atoms with Crippen molar-refractivity contribution in [3.8, 4) is 0 Å². The van der Waals surface area contributed by atoms with E-state index in [1.54, 1.807) is 0 Å². The summed E-state index contributed by atoms with van der Waals surface area (Å²) in [5, 5.41) is 4.32. The molecule has 0 spiro atoms. The Morgan fingerprint density at radius 3 is 3.06 bits per heavy atom. The Hall–Kier alpha value is -1.32. The third kappa shape index (κ3) is 2.28. The van der Waals surface area contributed by atoms with Crippen LogP contribution in [0.2, 0.25) is 5.02 Å². The number of halogens is 1. The van der Waals surface area contributed by atoms with Gasteiger partial charge < -0.3 is 9.88 Å².